The summed E-state index contributed by atoms with van der Waals surface area (Å²) in [5, 5.41) is 6.90. The molecule has 3 rings (SSSR count). The van der Waals surface area contributed by atoms with E-state index < -0.39 is 0 Å². The molecule has 0 aliphatic carbocycles. The highest BCUT2D eigenvalue weighted by atomic mass is 16.5. The average molecular weight is 315 g/mol. The predicted molar refractivity (Wildman–Crippen MR) is 87.8 cm³/mol. The van der Waals surface area contributed by atoms with Crippen molar-refractivity contribution in [3.05, 3.63) is 41.3 Å². The molecule has 1 aliphatic rings. The molecule has 0 unspecified atom stereocenters. The van der Waals surface area contributed by atoms with Crippen molar-refractivity contribution in [3.8, 4) is 0 Å². The van der Waals surface area contributed by atoms with E-state index in [9.17, 15) is 4.79 Å². The number of carbonyl (C=O) groups excluding carboxylic acids is 1. The van der Waals surface area contributed by atoms with Crippen molar-refractivity contribution in [2.45, 2.75) is 20.3 Å². The maximum absolute atomic E-state index is 12.4. The molecule has 2 aromatic rings. The van der Waals surface area contributed by atoms with E-state index in [4.69, 9.17) is 9.26 Å². The summed E-state index contributed by atoms with van der Waals surface area (Å²) in [4.78, 5) is 14.6. The quantitative estimate of drug-likeness (QED) is 0.938. The molecule has 1 amide bonds. The number of carbonyl (C=O) groups is 1. The maximum atomic E-state index is 12.4. The Labute approximate surface area is 135 Å². The molecule has 0 spiro atoms. The van der Waals surface area contributed by atoms with Crippen molar-refractivity contribution in [2.75, 3.05) is 36.5 Å². The summed E-state index contributed by atoms with van der Waals surface area (Å²) in [6, 6.07) is 7.86. The normalized spacial score (nSPS) is 14.8. The van der Waals surface area contributed by atoms with Crippen molar-refractivity contribution in [1.29, 1.82) is 0 Å². The Kier molecular flexibility index (Phi) is 4.62. The summed E-state index contributed by atoms with van der Waals surface area (Å²) in [6.45, 7) is 6.75. The lowest BCUT2D eigenvalue weighted by Gasteiger charge is -2.30. The number of aromatic nitrogens is 1. The second-order valence-corrected chi connectivity index (χ2v) is 5.64. The van der Waals surface area contributed by atoms with Crippen LogP contribution in [-0.4, -0.2) is 37.4 Å². The van der Waals surface area contributed by atoms with Crippen molar-refractivity contribution >= 4 is 17.3 Å². The van der Waals surface area contributed by atoms with Gasteiger partial charge in [0.2, 0.25) is 5.91 Å². The minimum Gasteiger partial charge on any atom is -0.378 e. The minimum atomic E-state index is -0.0693. The van der Waals surface area contributed by atoms with Gasteiger partial charge in [-0.05, 0) is 26.0 Å². The largest absolute Gasteiger partial charge is 0.378 e. The van der Waals surface area contributed by atoms with Crippen LogP contribution in [-0.2, 0) is 16.0 Å². The Morgan fingerprint density at radius 1 is 1.26 bits per heavy atom. The van der Waals surface area contributed by atoms with Crippen LogP contribution in [0.3, 0.4) is 0 Å². The highest BCUT2D eigenvalue weighted by Crippen LogP contribution is 2.26. The number of aryl methyl sites for hydroxylation is 2. The Morgan fingerprint density at radius 2 is 2.00 bits per heavy atom. The van der Waals surface area contributed by atoms with Crippen LogP contribution < -0.4 is 10.2 Å². The van der Waals surface area contributed by atoms with Gasteiger partial charge in [0.1, 0.15) is 5.76 Å². The molecule has 0 bridgehead atoms. The molecule has 1 N–H and O–H groups in total. The highest BCUT2D eigenvalue weighted by molar-refractivity contribution is 5.95. The van der Waals surface area contributed by atoms with Crippen molar-refractivity contribution in [3.63, 3.8) is 0 Å². The van der Waals surface area contributed by atoms with E-state index in [-0.39, 0.29) is 12.3 Å². The summed E-state index contributed by atoms with van der Waals surface area (Å²) < 4.78 is 10.5. The number of benzene rings is 1. The third-order valence-corrected chi connectivity index (χ3v) is 4.05. The number of amides is 1. The van der Waals surface area contributed by atoms with Crippen LogP contribution in [0.25, 0.3) is 0 Å². The zero-order valence-corrected chi connectivity index (χ0v) is 13.5. The van der Waals surface area contributed by atoms with Gasteiger partial charge in [-0.1, -0.05) is 17.3 Å². The number of para-hydroxylation sites is 2. The SMILES string of the molecule is Cc1noc(C)c1CC(=O)Nc1ccccc1N1CCOCC1. The number of nitrogens with zero attached hydrogens (tertiary/aromatic N) is 2. The first-order chi connectivity index (χ1) is 11.1. The highest BCUT2D eigenvalue weighted by Gasteiger charge is 2.17. The number of ether oxygens (including phenoxy) is 1. The van der Waals surface area contributed by atoms with Crippen LogP contribution in [0.1, 0.15) is 17.0 Å². The topological polar surface area (TPSA) is 67.6 Å². The Hall–Kier alpha value is -2.34. The average Bonchev–Trinajstić information content (AvgIpc) is 2.88. The number of rotatable bonds is 4. The fraction of sp³-hybridized carbons (Fsp3) is 0.412. The molecule has 0 atom stereocenters. The van der Waals surface area contributed by atoms with Crippen LogP contribution in [0.2, 0.25) is 0 Å². The smallest absolute Gasteiger partial charge is 0.229 e. The Bertz CT molecular complexity index is 671. The third kappa shape index (κ3) is 3.53. The lowest BCUT2D eigenvalue weighted by atomic mass is 10.1. The summed E-state index contributed by atoms with van der Waals surface area (Å²) in [6.07, 6.45) is 0.263. The van der Waals surface area contributed by atoms with Gasteiger partial charge in [0.05, 0.1) is 36.7 Å². The van der Waals surface area contributed by atoms with Gasteiger partial charge >= 0.3 is 0 Å². The Balaban J connectivity index is 1.73. The molecule has 1 aromatic carbocycles. The monoisotopic (exact) mass is 315 g/mol. The Morgan fingerprint density at radius 3 is 2.70 bits per heavy atom. The molecule has 0 saturated carbocycles. The summed E-state index contributed by atoms with van der Waals surface area (Å²) in [5.41, 5.74) is 3.47. The first-order valence-electron chi connectivity index (χ1n) is 7.78. The zero-order chi connectivity index (χ0) is 16.2. The van der Waals surface area contributed by atoms with E-state index in [0.717, 1.165) is 35.7 Å². The lowest BCUT2D eigenvalue weighted by molar-refractivity contribution is -0.115. The molecular formula is C17H21N3O3. The van der Waals surface area contributed by atoms with Crippen LogP contribution in [0.15, 0.2) is 28.8 Å². The van der Waals surface area contributed by atoms with Crippen LogP contribution >= 0.6 is 0 Å². The molecule has 1 fully saturated rings. The summed E-state index contributed by atoms with van der Waals surface area (Å²) >= 11 is 0. The fourth-order valence-corrected chi connectivity index (χ4v) is 2.77. The fourth-order valence-electron chi connectivity index (χ4n) is 2.77. The van der Waals surface area contributed by atoms with Gasteiger partial charge in [0.15, 0.2) is 0 Å². The van der Waals surface area contributed by atoms with E-state index in [1.165, 1.54) is 0 Å². The molecule has 122 valence electrons. The number of nitrogens with one attached hydrogen (secondary N) is 1. The second-order valence-electron chi connectivity index (χ2n) is 5.64. The first kappa shape index (κ1) is 15.6. The predicted octanol–water partition coefficient (Wildman–Crippen LogP) is 2.31. The minimum absolute atomic E-state index is 0.0693. The van der Waals surface area contributed by atoms with E-state index in [1.807, 2.05) is 38.1 Å². The molecule has 23 heavy (non-hydrogen) atoms. The van der Waals surface area contributed by atoms with E-state index >= 15 is 0 Å². The van der Waals surface area contributed by atoms with Crippen molar-refractivity contribution in [1.82, 2.24) is 5.16 Å². The second kappa shape index (κ2) is 6.83. The van der Waals surface area contributed by atoms with E-state index in [2.05, 4.69) is 15.4 Å². The van der Waals surface area contributed by atoms with Crippen LogP contribution in [0, 0.1) is 13.8 Å². The van der Waals surface area contributed by atoms with Crippen LogP contribution in [0.4, 0.5) is 11.4 Å². The molecule has 1 aliphatic heterocycles. The van der Waals surface area contributed by atoms with Gasteiger partial charge in [-0.25, -0.2) is 0 Å². The molecule has 0 radical (unpaired) electrons. The molecular weight excluding hydrogens is 294 g/mol. The number of hydrogen-bond acceptors (Lipinski definition) is 5. The standard InChI is InChI=1S/C17H21N3O3/c1-12-14(13(2)23-19-12)11-17(21)18-15-5-3-4-6-16(15)20-7-9-22-10-8-20/h3-6H,7-11H2,1-2H3,(H,18,21). The van der Waals surface area contributed by atoms with Crippen molar-refractivity contribution in [2.24, 2.45) is 0 Å². The zero-order valence-electron chi connectivity index (χ0n) is 13.5. The number of anilines is 2. The van der Waals surface area contributed by atoms with E-state index in [1.54, 1.807) is 0 Å². The summed E-state index contributed by atoms with van der Waals surface area (Å²) in [5.74, 6) is 0.624. The van der Waals surface area contributed by atoms with Gasteiger partial charge in [0.25, 0.3) is 0 Å². The van der Waals surface area contributed by atoms with Gasteiger partial charge in [0, 0.05) is 18.7 Å². The number of hydrogen-bond donors (Lipinski definition) is 1. The molecule has 1 saturated heterocycles. The van der Waals surface area contributed by atoms with Crippen LogP contribution in [0.5, 0.6) is 0 Å². The first-order valence-corrected chi connectivity index (χ1v) is 7.78. The molecule has 6 heteroatoms. The third-order valence-electron chi connectivity index (χ3n) is 4.05. The summed E-state index contributed by atoms with van der Waals surface area (Å²) in [7, 11) is 0. The number of morpholine rings is 1. The maximum Gasteiger partial charge on any atom is 0.229 e. The molecule has 1 aromatic heterocycles. The van der Waals surface area contributed by atoms with E-state index in [0.29, 0.717) is 19.0 Å². The van der Waals surface area contributed by atoms with Crippen molar-refractivity contribution < 1.29 is 14.1 Å². The van der Waals surface area contributed by atoms with Gasteiger partial charge < -0.3 is 19.5 Å². The lowest BCUT2D eigenvalue weighted by Crippen LogP contribution is -2.36. The molecule has 2 heterocycles. The van der Waals surface area contributed by atoms with Gasteiger partial charge in [-0.15, -0.1) is 0 Å². The molecule has 6 nitrogen and oxygen atoms in total. The van der Waals surface area contributed by atoms with Gasteiger partial charge in [-0.2, -0.15) is 0 Å². The van der Waals surface area contributed by atoms with Gasteiger partial charge in [-0.3, -0.25) is 4.79 Å².